The van der Waals surface area contributed by atoms with Crippen molar-refractivity contribution in [1.29, 1.82) is 0 Å². The summed E-state index contributed by atoms with van der Waals surface area (Å²) in [4.78, 5) is 0. The van der Waals surface area contributed by atoms with Gasteiger partial charge in [0.05, 0.1) is 6.61 Å². The molecule has 2 aliphatic heterocycles. The van der Waals surface area contributed by atoms with E-state index in [1.807, 2.05) is 27.7 Å². The van der Waals surface area contributed by atoms with Gasteiger partial charge in [0.25, 0.3) is 0 Å². The van der Waals surface area contributed by atoms with Gasteiger partial charge in [-0.2, -0.15) is 0 Å². The molecular weight excluding hydrogens is 176 g/mol. The number of ether oxygens (including phenoxy) is 1. The fourth-order valence-electron chi connectivity index (χ4n) is 1.73. The molecule has 0 bridgehead atoms. The molecule has 2 N–H and O–H groups in total. The maximum atomic E-state index is 5.63. The fraction of sp³-hybridized carbons (Fsp3) is 1.00. The Kier molecular flexibility index (Phi) is 8.14. The van der Waals surface area contributed by atoms with E-state index in [9.17, 15) is 0 Å². The molecule has 0 aromatic rings. The van der Waals surface area contributed by atoms with Gasteiger partial charge in [-0.25, -0.2) is 0 Å². The normalized spacial score (nSPS) is 23.1. The van der Waals surface area contributed by atoms with Gasteiger partial charge in [0.2, 0.25) is 0 Å². The molecule has 2 rings (SSSR count). The van der Waals surface area contributed by atoms with Gasteiger partial charge in [-0.15, -0.1) is 0 Å². The summed E-state index contributed by atoms with van der Waals surface area (Å²) in [6.45, 7) is 12.1. The van der Waals surface area contributed by atoms with Crippen molar-refractivity contribution in [3.8, 4) is 0 Å². The zero-order valence-corrected chi connectivity index (χ0v) is 10.2. The lowest BCUT2D eigenvalue weighted by molar-refractivity contribution is -0.0331. The molecule has 0 atom stereocenters. The molecule has 0 aliphatic carbocycles. The summed E-state index contributed by atoms with van der Waals surface area (Å²) in [6.07, 6.45) is 2.24. The number of hydrogen-bond donors (Lipinski definition) is 2. The Morgan fingerprint density at radius 1 is 0.929 bits per heavy atom. The smallest absolute Gasteiger partial charge is 0.121 e. The van der Waals surface area contributed by atoms with Crippen LogP contribution >= 0.6 is 0 Å². The van der Waals surface area contributed by atoms with Crippen molar-refractivity contribution in [3.63, 3.8) is 0 Å². The van der Waals surface area contributed by atoms with Gasteiger partial charge in [-0.3, -0.25) is 5.32 Å². The highest BCUT2D eigenvalue weighted by Gasteiger charge is 2.35. The van der Waals surface area contributed by atoms with Crippen molar-refractivity contribution in [2.24, 2.45) is 0 Å². The molecule has 1 spiro atoms. The Morgan fingerprint density at radius 2 is 1.50 bits per heavy atom. The van der Waals surface area contributed by atoms with Crippen LogP contribution in [0.15, 0.2) is 0 Å². The Labute approximate surface area is 88.6 Å². The van der Waals surface area contributed by atoms with Crippen LogP contribution in [0.5, 0.6) is 0 Å². The van der Waals surface area contributed by atoms with Crippen LogP contribution in [0.1, 0.15) is 40.5 Å². The van der Waals surface area contributed by atoms with E-state index in [2.05, 4.69) is 10.6 Å². The lowest BCUT2D eigenvalue weighted by atomic mass is 10.0. The lowest BCUT2D eigenvalue weighted by Crippen LogP contribution is -2.49. The summed E-state index contributed by atoms with van der Waals surface area (Å²) in [5, 5.41) is 6.73. The molecule has 2 aliphatic rings. The van der Waals surface area contributed by atoms with Crippen LogP contribution in [-0.4, -0.2) is 32.0 Å². The van der Waals surface area contributed by atoms with Gasteiger partial charge in [0, 0.05) is 19.4 Å². The fourth-order valence-corrected chi connectivity index (χ4v) is 1.73. The Bertz CT molecular complexity index is 114. The molecule has 0 amide bonds. The third-order valence-electron chi connectivity index (χ3n) is 2.34. The molecule has 2 saturated heterocycles. The molecule has 2 fully saturated rings. The molecule has 0 aromatic carbocycles. The van der Waals surface area contributed by atoms with Crippen molar-refractivity contribution >= 4 is 0 Å². The molecule has 2 heterocycles. The summed E-state index contributed by atoms with van der Waals surface area (Å²) in [7, 11) is 0. The first-order valence-electron chi connectivity index (χ1n) is 6.01. The molecule has 86 valence electrons. The quantitative estimate of drug-likeness (QED) is 0.628. The summed E-state index contributed by atoms with van der Waals surface area (Å²) < 4.78 is 5.63. The average Bonchev–Trinajstić information content (AvgIpc) is 2.73. The van der Waals surface area contributed by atoms with Crippen LogP contribution in [0, 0.1) is 0 Å². The topological polar surface area (TPSA) is 33.3 Å². The minimum absolute atomic E-state index is 0.0608. The molecule has 0 unspecified atom stereocenters. The second kappa shape index (κ2) is 8.21. The van der Waals surface area contributed by atoms with E-state index < -0.39 is 0 Å². The Balaban J connectivity index is 0.000000379. The standard InChI is InChI=1S/C7H14N2O.2C2H6/c1-3-8-4-2-7(1)9-5-6-10-7;2*1-2/h8-9H,1-6H2;2*1-2H3. The molecular formula is C11H26N2O. The maximum absolute atomic E-state index is 5.63. The second-order valence-electron chi connectivity index (χ2n) is 3.02. The zero-order valence-electron chi connectivity index (χ0n) is 10.2. The van der Waals surface area contributed by atoms with E-state index in [0.29, 0.717) is 0 Å². The van der Waals surface area contributed by atoms with Crippen LogP contribution in [0.25, 0.3) is 0 Å². The summed E-state index contributed by atoms with van der Waals surface area (Å²) >= 11 is 0. The van der Waals surface area contributed by atoms with Crippen molar-refractivity contribution in [1.82, 2.24) is 10.6 Å². The van der Waals surface area contributed by atoms with E-state index in [4.69, 9.17) is 4.74 Å². The van der Waals surface area contributed by atoms with E-state index in [0.717, 1.165) is 39.1 Å². The molecule has 0 aromatic heterocycles. The number of nitrogens with one attached hydrogen (secondary N) is 2. The van der Waals surface area contributed by atoms with Crippen LogP contribution in [0.4, 0.5) is 0 Å². The third kappa shape index (κ3) is 3.95. The molecule has 14 heavy (non-hydrogen) atoms. The lowest BCUT2D eigenvalue weighted by Gasteiger charge is -2.32. The molecule has 3 nitrogen and oxygen atoms in total. The van der Waals surface area contributed by atoms with Gasteiger partial charge in [-0.05, 0) is 13.1 Å². The van der Waals surface area contributed by atoms with Crippen LogP contribution in [0.2, 0.25) is 0 Å². The Morgan fingerprint density at radius 3 is 1.93 bits per heavy atom. The van der Waals surface area contributed by atoms with E-state index in [-0.39, 0.29) is 5.72 Å². The summed E-state index contributed by atoms with van der Waals surface area (Å²) in [5.74, 6) is 0. The van der Waals surface area contributed by atoms with Gasteiger partial charge < -0.3 is 10.1 Å². The number of piperidine rings is 1. The highest BCUT2D eigenvalue weighted by atomic mass is 16.5. The van der Waals surface area contributed by atoms with Gasteiger partial charge in [0.1, 0.15) is 5.72 Å². The number of rotatable bonds is 0. The van der Waals surface area contributed by atoms with Crippen molar-refractivity contribution in [2.75, 3.05) is 26.2 Å². The van der Waals surface area contributed by atoms with Gasteiger partial charge in [0.15, 0.2) is 0 Å². The first-order valence-corrected chi connectivity index (χ1v) is 6.01. The summed E-state index contributed by atoms with van der Waals surface area (Å²) in [6, 6.07) is 0. The van der Waals surface area contributed by atoms with Crippen LogP contribution < -0.4 is 10.6 Å². The first-order chi connectivity index (χ1) is 6.91. The minimum atomic E-state index is 0.0608. The highest BCUT2D eigenvalue weighted by molar-refractivity contribution is 4.87. The van der Waals surface area contributed by atoms with Gasteiger partial charge in [-0.1, -0.05) is 27.7 Å². The minimum Gasteiger partial charge on any atom is -0.359 e. The predicted molar refractivity (Wildman–Crippen MR) is 61.5 cm³/mol. The third-order valence-corrected chi connectivity index (χ3v) is 2.34. The average molecular weight is 202 g/mol. The zero-order chi connectivity index (χ0) is 10.9. The van der Waals surface area contributed by atoms with Gasteiger partial charge >= 0.3 is 0 Å². The monoisotopic (exact) mass is 202 g/mol. The first kappa shape index (κ1) is 13.9. The van der Waals surface area contributed by atoms with Crippen molar-refractivity contribution in [3.05, 3.63) is 0 Å². The largest absolute Gasteiger partial charge is 0.359 e. The van der Waals surface area contributed by atoms with Crippen molar-refractivity contribution in [2.45, 2.75) is 46.3 Å². The highest BCUT2D eigenvalue weighted by Crippen LogP contribution is 2.22. The maximum Gasteiger partial charge on any atom is 0.121 e. The summed E-state index contributed by atoms with van der Waals surface area (Å²) in [5.41, 5.74) is 0.0608. The van der Waals surface area contributed by atoms with Crippen LogP contribution in [-0.2, 0) is 4.74 Å². The van der Waals surface area contributed by atoms with E-state index in [1.165, 1.54) is 0 Å². The van der Waals surface area contributed by atoms with Crippen molar-refractivity contribution < 1.29 is 4.74 Å². The van der Waals surface area contributed by atoms with Crippen LogP contribution in [0.3, 0.4) is 0 Å². The molecule has 0 radical (unpaired) electrons. The molecule has 3 heteroatoms. The molecule has 0 saturated carbocycles. The Hall–Kier alpha value is -0.120. The predicted octanol–water partition coefficient (Wildman–Crippen LogP) is 1.74. The van der Waals surface area contributed by atoms with E-state index in [1.54, 1.807) is 0 Å². The van der Waals surface area contributed by atoms with E-state index >= 15 is 0 Å². The SMILES string of the molecule is C1CC2(CCN1)NCCO2.CC.CC. The number of hydrogen-bond acceptors (Lipinski definition) is 3. The second-order valence-corrected chi connectivity index (χ2v) is 3.02.